The molecule has 0 atom stereocenters. The van der Waals surface area contributed by atoms with Gasteiger partial charge in [-0.25, -0.2) is 18.2 Å². The molecule has 104 valence electrons. The van der Waals surface area contributed by atoms with Crippen molar-refractivity contribution in [1.82, 2.24) is 4.98 Å². The van der Waals surface area contributed by atoms with Gasteiger partial charge in [0.15, 0.2) is 5.69 Å². The lowest BCUT2D eigenvalue weighted by Crippen LogP contribution is -2.16. The van der Waals surface area contributed by atoms with Crippen molar-refractivity contribution in [2.45, 2.75) is 4.90 Å². The molecular weight excluding hydrogens is 348 g/mol. The van der Waals surface area contributed by atoms with Gasteiger partial charge in [-0.3, -0.25) is 4.72 Å². The van der Waals surface area contributed by atoms with Crippen LogP contribution in [0.5, 0.6) is 0 Å². The SMILES string of the molecule is O=C(O)c1ncccc1NS(=O)(=O)c1ccccc1Br. The minimum atomic E-state index is -3.90. The second-order valence-electron chi connectivity index (χ2n) is 3.74. The Morgan fingerprint density at radius 1 is 1.20 bits per heavy atom. The highest BCUT2D eigenvalue weighted by Crippen LogP contribution is 2.24. The highest BCUT2D eigenvalue weighted by atomic mass is 79.9. The summed E-state index contributed by atoms with van der Waals surface area (Å²) >= 11 is 3.14. The molecule has 1 heterocycles. The molecule has 0 amide bonds. The maximum atomic E-state index is 12.2. The molecule has 1 aromatic carbocycles. The van der Waals surface area contributed by atoms with Crippen molar-refractivity contribution in [3.8, 4) is 0 Å². The van der Waals surface area contributed by atoms with Gasteiger partial charge in [-0.15, -0.1) is 0 Å². The van der Waals surface area contributed by atoms with Gasteiger partial charge < -0.3 is 5.11 Å². The van der Waals surface area contributed by atoms with Crippen LogP contribution in [0, 0.1) is 0 Å². The van der Waals surface area contributed by atoms with Crippen molar-refractivity contribution in [3.63, 3.8) is 0 Å². The third-order valence-corrected chi connectivity index (χ3v) is 4.76. The molecule has 0 aliphatic rings. The highest BCUT2D eigenvalue weighted by Gasteiger charge is 2.20. The number of nitrogens with one attached hydrogen (secondary N) is 1. The lowest BCUT2D eigenvalue weighted by Gasteiger charge is -2.10. The molecule has 0 saturated carbocycles. The number of hydrogen-bond donors (Lipinski definition) is 2. The maximum absolute atomic E-state index is 12.2. The summed E-state index contributed by atoms with van der Waals surface area (Å²) in [5, 5.41) is 8.98. The third kappa shape index (κ3) is 2.97. The van der Waals surface area contributed by atoms with Gasteiger partial charge in [-0.2, -0.15) is 0 Å². The Morgan fingerprint density at radius 3 is 2.55 bits per heavy atom. The van der Waals surface area contributed by atoms with E-state index >= 15 is 0 Å². The minimum absolute atomic E-state index is 0.0141. The lowest BCUT2D eigenvalue weighted by atomic mass is 10.3. The second kappa shape index (κ2) is 5.59. The van der Waals surface area contributed by atoms with E-state index in [1.807, 2.05) is 0 Å². The van der Waals surface area contributed by atoms with Crippen LogP contribution in [0.4, 0.5) is 5.69 Å². The molecule has 0 bridgehead atoms. The quantitative estimate of drug-likeness (QED) is 0.876. The van der Waals surface area contributed by atoms with E-state index in [1.165, 1.54) is 24.4 Å². The molecule has 0 aliphatic heterocycles. The summed E-state index contributed by atoms with van der Waals surface area (Å²) in [6.07, 6.45) is 1.28. The van der Waals surface area contributed by atoms with Crippen LogP contribution in [0.1, 0.15) is 10.5 Å². The Balaban J connectivity index is 2.45. The van der Waals surface area contributed by atoms with Crippen molar-refractivity contribution < 1.29 is 18.3 Å². The van der Waals surface area contributed by atoms with Crippen LogP contribution >= 0.6 is 15.9 Å². The van der Waals surface area contributed by atoms with E-state index in [0.717, 1.165) is 0 Å². The average Bonchev–Trinajstić information content (AvgIpc) is 2.39. The summed E-state index contributed by atoms with van der Waals surface area (Å²) in [4.78, 5) is 14.7. The number of hydrogen-bond acceptors (Lipinski definition) is 4. The number of aromatic nitrogens is 1. The molecule has 6 nitrogen and oxygen atoms in total. The Hall–Kier alpha value is -1.93. The topological polar surface area (TPSA) is 96.4 Å². The number of aromatic carboxylic acids is 1. The van der Waals surface area contributed by atoms with Crippen LogP contribution in [-0.4, -0.2) is 24.5 Å². The molecule has 1 aromatic heterocycles. The second-order valence-corrected chi connectivity index (χ2v) is 6.25. The van der Waals surface area contributed by atoms with E-state index in [4.69, 9.17) is 5.11 Å². The average molecular weight is 357 g/mol. The van der Waals surface area contributed by atoms with E-state index in [9.17, 15) is 13.2 Å². The van der Waals surface area contributed by atoms with Crippen LogP contribution in [0.2, 0.25) is 0 Å². The molecule has 0 fully saturated rings. The smallest absolute Gasteiger partial charge is 0.356 e. The summed E-state index contributed by atoms with van der Waals surface area (Å²) in [6.45, 7) is 0. The van der Waals surface area contributed by atoms with Crippen LogP contribution in [-0.2, 0) is 10.0 Å². The van der Waals surface area contributed by atoms with Crippen molar-refractivity contribution >= 4 is 37.6 Å². The first kappa shape index (κ1) is 14.5. The number of anilines is 1. The molecular formula is C12H9BrN2O4S. The van der Waals surface area contributed by atoms with Gasteiger partial charge in [0.1, 0.15) is 4.90 Å². The maximum Gasteiger partial charge on any atom is 0.356 e. The van der Waals surface area contributed by atoms with E-state index in [-0.39, 0.29) is 16.3 Å². The number of halogens is 1. The summed E-state index contributed by atoms with van der Waals surface area (Å²) in [5.74, 6) is -1.31. The van der Waals surface area contributed by atoms with E-state index in [0.29, 0.717) is 4.47 Å². The van der Waals surface area contributed by atoms with Crippen LogP contribution < -0.4 is 4.72 Å². The molecule has 0 unspecified atom stereocenters. The van der Waals surface area contributed by atoms with Gasteiger partial charge in [0, 0.05) is 10.7 Å². The van der Waals surface area contributed by atoms with Gasteiger partial charge in [0.05, 0.1) is 5.69 Å². The van der Waals surface area contributed by atoms with Crippen LogP contribution in [0.3, 0.4) is 0 Å². The van der Waals surface area contributed by atoms with Gasteiger partial charge in [-0.1, -0.05) is 12.1 Å². The molecule has 2 N–H and O–H groups in total. The Kier molecular flexibility index (Phi) is 4.05. The summed E-state index contributed by atoms with van der Waals surface area (Å²) in [7, 11) is -3.90. The number of carbonyl (C=O) groups is 1. The number of carboxylic acid groups (broad SMARTS) is 1. The summed E-state index contributed by atoms with van der Waals surface area (Å²) in [6, 6.07) is 9.02. The van der Waals surface area contributed by atoms with Crippen LogP contribution in [0.25, 0.3) is 0 Å². The fourth-order valence-corrected chi connectivity index (χ4v) is 3.59. The fourth-order valence-electron chi connectivity index (χ4n) is 1.52. The van der Waals surface area contributed by atoms with Crippen LogP contribution in [0.15, 0.2) is 52.0 Å². The predicted octanol–water partition coefficient (Wildman–Crippen LogP) is 2.34. The van der Waals surface area contributed by atoms with Gasteiger partial charge >= 0.3 is 5.97 Å². The number of pyridine rings is 1. The first-order valence-corrected chi connectivity index (χ1v) is 7.65. The Morgan fingerprint density at radius 2 is 1.90 bits per heavy atom. The first-order chi connectivity index (χ1) is 9.42. The summed E-state index contributed by atoms with van der Waals surface area (Å²) in [5.41, 5.74) is -0.445. The number of carboxylic acids is 1. The largest absolute Gasteiger partial charge is 0.476 e. The Labute approximate surface area is 123 Å². The zero-order chi connectivity index (χ0) is 14.8. The monoisotopic (exact) mass is 356 g/mol. The molecule has 0 saturated heterocycles. The fraction of sp³-hybridized carbons (Fsp3) is 0. The number of rotatable bonds is 4. The Bertz CT molecular complexity index is 762. The van der Waals surface area contributed by atoms with E-state index < -0.39 is 16.0 Å². The van der Waals surface area contributed by atoms with E-state index in [2.05, 4.69) is 25.6 Å². The molecule has 2 aromatic rings. The van der Waals surface area contributed by atoms with E-state index in [1.54, 1.807) is 18.2 Å². The van der Waals surface area contributed by atoms with Crippen molar-refractivity contribution in [3.05, 3.63) is 52.8 Å². The zero-order valence-electron chi connectivity index (χ0n) is 9.95. The number of benzene rings is 1. The summed E-state index contributed by atoms with van der Waals surface area (Å²) < 4.78 is 27.1. The predicted molar refractivity (Wildman–Crippen MR) is 76.1 cm³/mol. The van der Waals surface area contributed by atoms with Gasteiger partial charge in [0.25, 0.3) is 10.0 Å². The van der Waals surface area contributed by atoms with Crippen molar-refractivity contribution in [2.75, 3.05) is 4.72 Å². The minimum Gasteiger partial charge on any atom is -0.476 e. The van der Waals surface area contributed by atoms with Gasteiger partial charge in [0.2, 0.25) is 0 Å². The van der Waals surface area contributed by atoms with Crippen molar-refractivity contribution in [1.29, 1.82) is 0 Å². The highest BCUT2D eigenvalue weighted by molar-refractivity contribution is 9.10. The molecule has 8 heteroatoms. The number of nitrogens with zero attached hydrogens (tertiary/aromatic N) is 1. The molecule has 2 rings (SSSR count). The number of sulfonamides is 1. The third-order valence-electron chi connectivity index (χ3n) is 2.38. The van der Waals surface area contributed by atoms with Gasteiger partial charge in [-0.05, 0) is 40.2 Å². The standard InChI is InChI=1S/C12H9BrN2O4S/c13-8-4-1-2-6-10(8)20(18,19)15-9-5-3-7-14-11(9)12(16)17/h1-7,15H,(H,16,17). The van der Waals surface area contributed by atoms with Crippen molar-refractivity contribution in [2.24, 2.45) is 0 Å². The first-order valence-electron chi connectivity index (χ1n) is 5.37. The molecule has 20 heavy (non-hydrogen) atoms. The normalized spacial score (nSPS) is 11.1. The lowest BCUT2D eigenvalue weighted by molar-refractivity contribution is 0.0692. The molecule has 0 aliphatic carbocycles. The molecule has 0 radical (unpaired) electrons. The zero-order valence-corrected chi connectivity index (χ0v) is 12.3. The molecule has 0 spiro atoms.